The van der Waals surface area contributed by atoms with Gasteiger partial charge >= 0.3 is 7.60 Å². The average molecular weight is 260 g/mol. The van der Waals surface area contributed by atoms with E-state index in [1.807, 2.05) is 11.8 Å². The van der Waals surface area contributed by atoms with Crippen molar-refractivity contribution in [3.8, 4) is 12.0 Å². The summed E-state index contributed by atoms with van der Waals surface area (Å²) in [4.78, 5) is 0. The smallest absolute Gasteiger partial charge is 0.309 e. The fourth-order valence-electron chi connectivity index (χ4n) is 1.06. The summed E-state index contributed by atoms with van der Waals surface area (Å²) in [5.74, 6) is 0. The molecule has 16 heavy (non-hydrogen) atoms. The predicted octanol–water partition coefficient (Wildman–Crippen LogP) is 3.23. The molecule has 0 unspecified atom stereocenters. The van der Waals surface area contributed by atoms with Gasteiger partial charge in [-0.05, 0) is 13.8 Å². The van der Waals surface area contributed by atoms with Crippen molar-refractivity contribution in [1.29, 1.82) is 0 Å². The monoisotopic (exact) mass is 260 g/mol. The van der Waals surface area contributed by atoms with Crippen LogP contribution in [0.1, 0.15) is 13.8 Å². The molecule has 0 aliphatic rings. The molecule has 0 N–H and O–H groups in total. The molecular weight excluding hydrogens is 239 g/mol. The Morgan fingerprint density at radius 1 is 1.31 bits per heavy atom. The van der Waals surface area contributed by atoms with Gasteiger partial charge in [-0.1, -0.05) is 24.9 Å². The Hall–Kier alpha value is -0.333. The first-order chi connectivity index (χ1) is 7.39. The van der Waals surface area contributed by atoms with Crippen LogP contribution in [0.2, 0.25) is 13.1 Å². The van der Waals surface area contributed by atoms with Crippen molar-refractivity contribution in [2.45, 2.75) is 26.9 Å². The number of allylic oxidation sites excluding steroid dienone is 1. The fourth-order valence-corrected chi connectivity index (χ4v) is 3.50. The second kappa shape index (κ2) is 7.08. The highest BCUT2D eigenvalue weighted by Crippen LogP contribution is 2.47. The van der Waals surface area contributed by atoms with Crippen LogP contribution in [0.3, 0.4) is 0 Å². The lowest BCUT2D eigenvalue weighted by molar-refractivity contribution is 0.222. The Morgan fingerprint density at radius 2 is 1.81 bits per heavy atom. The SMILES string of the molecule is C#C[Si](C)(C)/C=C/CP(=O)(OCC)OCC. The van der Waals surface area contributed by atoms with Crippen LogP contribution in [0.15, 0.2) is 11.8 Å². The van der Waals surface area contributed by atoms with E-state index in [-0.39, 0.29) is 0 Å². The molecule has 5 heteroatoms. The molecule has 0 aromatic carbocycles. The summed E-state index contributed by atoms with van der Waals surface area (Å²) in [6, 6.07) is 0. The maximum absolute atomic E-state index is 12.1. The van der Waals surface area contributed by atoms with Gasteiger partial charge in [0.05, 0.1) is 19.4 Å². The second-order valence-corrected chi connectivity index (χ2v) is 10.1. The average Bonchev–Trinajstić information content (AvgIpc) is 2.18. The third-order valence-corrected chi connectivity index (χ3v) is 5.66. The standard InChI is InChI=1S/C11H21O3PSi/c1-6-13-15(12,14-7-2)10-9-11-16(4,5)8-3/h3,9,11H,6-7,10H2,1-2,4-5H3/b11-9+. The molecule has 0 aromatic rings. The minimum Gasteiger partial charge on any atom is -0.309 e. The van der Waals surface area contributed by atoms with E-state index in [2.05, 4.69) is 18.6 Å². The predicted molar refractivity (Wildman–Crippen MR) is 71.2 cm³/mol. The Balaban J connectivity index is 4.45. The Kier molecular flexibility index (Phi) is 6.94. The van der Waals surface area contributed by atoms with Gasteiger partial charge in [0.2, 0.25) is 0 Å². The van der Waals surface area contributed by atoms with E-state index in [0.29, 0.717) is 19.4 Å². The molecule has 0 saturated carbocycles. The molecular formula is C11H21O3PSi. The van der Waals surface area contributed by atoms with Gasteiger partial charge in [0.25, 0.3) is 0 Å². The molecule has 0 rings (SSSR count). The Labute approximate surface area is 99.8 Å². The highest BCUT2D eigenvalue weighted by atomic mass is 31.2. The normalized spacial score (nSPS) is 12.9. The fraction of sp³-hybridized carbons (Fsp3) is 0.636. The lowest BCUT2D eigenvalue weighted by atomic mass is 10.8. The third kappa shape index (κ3) is 6.29. The Bertz CT molecular complexity index is 308. The maximum atomic E-state index is 12.1. The van der Waals surface area contributed by atoms with Crippen LogP contribution in [0.5, 0.6) is 0 Å². The zero-order valence-electron chi connectivity index (χ0n) is 10.5. The summed E-state index contributed by atoms with van der Waals surface area (Å²) >= 11 is 0. The molecule has 0 bridgehead atoms. The number of rotatable bonds is 7. The van der Waals surface area contributed by atoms with Gasteiger partial charge in [-0.25, -0.2) is 0 Å². The number of hydrogen-bond donors (Lipinski definition) is 0. The first-order valence-corrected chi connectivity index (χ1v) is 10.2. The van der Waals surface area contributed by atoms with E-state index in [1.54, 1.807) is 13.8 Å². The third-order valence-electron chi connectivity index (χ3n) is 1.89. The molecule has 0 saturated heterocycles. The van der Waals surface area contributed by atoms with Crippen molar-refractivity contribution in [3.05, 3.63) is 11.8 Å². The summed E-state index contributed by atoms with van der Waals surface area (Å²) < 4.78 is 22.4. The van der Waals surface area contributed by atoms with Crippen molar-refractivity contribution in [1.82, 2.24) is 0 Å². The number of hydrogen-bond acceptors (Lipinski definition) is 3. The molecule has 0 spiro atoms. The lowest BCUT2D eigenvalue weighted by Crippen LogP contribution is -2.19. The highest BCUT2D eigenvalue weighted by molar-refractivity contribution is 7.54. The minimum absolute atomic E-state index is 0.298. The highest BCUT2D eigenvalue weighted by Gasteiger charge is 2.22. The summed E-state index contributed by atoms with van der Waals surface area (Å²) in [6.45, 7) is 8.48. The molecule has 0 fully saturated rings. The van der Waals surface area contributed by atoms with Gasteiger partial charge in [-0.15, -0.1) is 12.0 Å². The minimum atomic E-state index is -2.95. The molecule has 0 aliphatic heterocycles. The zero-order chi connectivity index (χ0) is 12.7. The molecule has 0 amide bonds. The quantitative estimate of drug-likeness (QED) is 0.400. The van der Waals surface area contributed by atoms with Crippen LogP contribution in [0.4, 0.5) is 0 Å². The number of terminal acetylenes is 1. The van der Waals surface area contributed by atoms with Crippen molar-refractivity contribution in [2.75, 3.05) is 19.4 Å². The van der Waals surface area contributed by atoms with E-state index in [9.17, 15) is 4.57 Å². The van der Waals surface area contributed by atoms with Crippen LogP contribution in [0, 0.1) is 12.0 Å². The van der Waals surface area contributed by atoms with Crippen LogP contribution in [-0.2, 0) is 13.6 Å². The van der Waals surface area contributed by atoms with Gasteiger partial charge < -0.3 is 9.05 Å². The van der Waals surface area contributed by atoms with Crippen molar-refractivity contribution in [2.24, 2.45) is 0 Å². The Morgan fingerprint density at radius 3 is 2.19 bits per heavy atom. The van der Waals surface area contributed by atoms with Crippen LogP contribution in [-0.4, -0.2) is 27.4 Å². The van der Waals surface area contributed by atoms with Crippen molar-refractivity contribution < 1.29 is 13.6 Å². The maximum Gasteiger partial charge on any atom is 0.334 e. The van der Waals surface area contributed by atoms with Crippen LogP contribution in [0.25, 0.3) is 0 Å². The van der Waals surface area contributed by atoms with Gasteiger partial charge in [-0.2, -0.15) is 0 Å². The lowest BCUT2D eigenvalue weighted by Gasteiger charge is -2.15. The zero-order valence-corrected chi connectivity index (χ0v) is 12.4. The molecule has 0 aromatic heterocycles. The van der Waals surface area contributed by atoms with Crippen LogP contribution >= 0.6 is 7.60 Å². The van der Waals surface area contributed by atoms with Crippen LogP contribution < -0.4 is 0 Å². The van der Waals surface area contributed by atoms with Gasteiger partial charge in [0.1, 0.15) is 0 Å². The van der Waals surface area contributed by atoms with Gasteiger partial charge in [0, 0.05) is 0 Å². The summed E-state index contributed by atoms with van der Waals surface area (Å²) in [5, 5.41) is 0. The van der Waals surface area contributed by atoms with E-state index < -0.39 is 15.7 Å². The van der Waals surface area contributed by atoms with Gasteiger partial charge in [0.15, 0.2) is 8.07 Å². The van der Waals surface area contributed by atoms with E-state index in [4.69, 9.17) is 15.5 Å². The molecule has 0 radical (unpaired) electrons. The molecule has 92 valence electrons. The second-order valence-electron chi connectivity index (χ2n) is 3.90. The van der Waals surface area contributed by atoms with E-state index in [0.717, 1.165) is 0 Å². The van der Waals surface area contributed by atoms with Gasteiger partial charge in [-0.3, -0.25) is 4.57 Å². The molecule has 3 nitrogen and oxygen atoms in total. The molecule has 0 heterocycles. The van der Waals surface area contributed by atoms with E-state index >= 15 is 0 Å². The largest absolute Gasteiger partial charge is 0.334 e. The summed E-state index contributed by atoms with van der Waals surface area (Å²) in [6.07, 6.45) is 7.53. The van der Waals surface area contributed by atoms with E-state index in [1.165, 1.54) is 0 Å². The van der Waals surface area contributed by atoms with Crippen molar-refractivity contribution in [3.63, 3.8) is 0 Å². The van der Waals surface area contributed by atoms with Crippen molar-refractivity contribution >= 4 is 15.7 Å². The molecule has 0 atom stereocenters. The summed E-state index contributed by atoms with van der Waals surface area (Å²) in [5.41, 5.74) is 4.76. The topological polar surface area (TPSA) is 35.5 Å². The summed E-state index contributed by atoms with van der Waals surface area (Å²) in [7, 11) is -4.66. The first-order valence-electron chi connectivity index (χ1n) is 5.42. The molecule has 0 aliphatic carbocycles. The first kappa shape index (κ1) is 15.7.